The van der Waals surface area contributed by atoms with Crippen molar-refractivity contribution in [2.24, 2.45) is 0 Å². The van der Waals surface area contributed by atoms with Gasteiger partial charge >= 0.3 is 0 Å². The summed E-state index contributed by atoms with van der Waals surface area (Å²) in [6.45, 7) is 8.04. The predicted molar refractivity (Wildman–Crippen MR) is 93.7 cm³/mol. The minimum Gasteiger partial charge on any atom is -0.385 e. The second kappa shape index (κ2) is 6.07. The summed E-state index contributed by atoms with van der Waals surface area (Å²) in [5.74, 6) is 2.84. The predicted octanol–water partition coefficient (Wildman–Crippen LogP) is 3.42. The topological polar surface area (TPSA) is 38.7 Å². The van der Waals surface area contributed by atoms with Gasteiger partial charge in [-0.15, -0.1) is 5.54 Å². The second-order valence-electron chi connectivity index (χ2n) is 7.72. The van der Waals surface area contributed by atoms with Gasteiger partial charge < -0.3 is 14.6 Å². The molecule has 2 aliphatic rings. The summed E-state index contributed by atoms with van der Waals surface area (Å²) in [4.78, 5) is 0. The number of ether oxygens (including phenoxy) is 2. The minimum absolute atomic E-state index is 0.443. The third kappa shape index (κ3) is 3.86. The van der Waals surface area contributed by atoms with E-state index in [-0.39, 0.29) is 0 Å². The van der Waals surface area contributed by atoms with Crippen molar-refractivity contribution in [2.45, 2.75) is 56.7 Å². The van der Waals surface area contributed by atoms with Crippen LogP contribution >= 0.6 is 0 Å². The molecule has 0 atom stereocenters. The zero-order valence-electron chi connectivity index (χ0n) is 14.3. The Hall–Kier alpha value is -1.12. The van der Waals surface area contributed by atoms with Crippen LogP contribution in [0.2, 0.25) is 19.6 Å². The quantitative estimate of drug-likeness (QED) is 0.633. The van der Waals surface area contributed by atoms with Crippen LogP contribution in [-0.2, 0) is 15.1 Å². The molecule has 3 rings (SSSR count). The van der Waals surface area contributed by atoms with Crippen LogP contribution in [-0.4, -0.2) is 32.2 Å². The van der Waals surface area contributed by atoms with E-state index >= 15 is 0 Å². The van der Waals surface area contributed by atoms with Gasteiger partial charge in [-0.05, 0) is 30.5 Å². The zero-order valence-corrected chi connectivity index (χ0v) is 15.3. The molecule has 0 radical (unpaired) electrons. The van der Waals surface area contributed by atoms with Gasteiger partial charge in [0.05, 0.1) is 18.8 Å². The fourth-order valence-corrected chi connectivity index (χ4v) is 3.78. The van der Waals surface area contributed by atoms with Gasteiger partial charge in [-0.3, -0.25) is 0 Å². The molecule has 1 aromatic rings. The van der Waals surface area contributed by atoms with E-state index in [1.807, 2.05) is 24.3 Å². The largest absolute Gasteiger partial charge is 0.385 e. The molecule has 0 bridgehead atoms. The molecule has 1 heterocycles. The zero-order chi connectivity index (χ0) is 16.6. The fraction of sp³-hybridized carbons (Fsp3) is 0.579. The Morgan fingerprint density at radius 2 is 1.70 bits per heavy atom. The molecule has 2 fully saturated rings. The van der Waals surface area contributed by atoms with Crippen LogP contribution in [0.25, 0.3) is 0 Å². The van der Waals surface area contributed by atoms with Crippen molar-refractivity contribution in [3.05, 3.63) is 35.4 Å². The number of benzene rings is 1. The molecule has 23 heavy (non-hydrogen) atoms. The number of hydrogen-bond donors (Lipinski definition) is 1. The summed E-state index contributed by atoms with van der Waals surface area (Å²) in [5.41, 5.74) is 4.55. The van der Waals surface area contributed by atoms with Crippen molar-refractivity contribution in [1.29, 1.82) is 0 Å². The molecule has 0 amide bonds. The summed E-state index contributed by atoms with van der Waals surface area (Å²) >= 11 is 0. The molecule has 1 aliphatic carbocycles. The third-order valence-corrected chi connectivity index (χ3v) is 5.51. The first kappa shape index (κ1) is 16.7. The first-order valence-electron chi connectivity index (χ1n) is 8.44. The number of rotatable bonds is 1. The highest BCUT2D eigenvalue weighted by Gasteiger charge is 2.46. The molecule has 1 N–H and O–H groups in total. The SMILES string of the molecule is C[Si](C)(C)C#Cc1cccc(C2(O)CCC3(CC2)OCCO3)c1. The lowest BCUT2D eigenvalue weighted by atomic mass is 9.77. The molecule has 1 spiro atoms. The minimum atomic E-state index is -1.39. The van der Waals surface area contributed by atoms with Crippen LogP contribution < -0.4 is 0 Å². The lowest BCUT2D eigenvalue weighted by Gasteiger charge is -2.40. The van der Waals surface area contributed by atoms with Crippen LogP contribution in [0.3, 0.4) is 0 Å². The average Bonchev–Trinajstić information content (AvgIpc) is 2.97. The number of aliphatic hydroxyl groups is 1. The highest BCUT2D eigenvalue weighted by atomic mass is 28.3. The summed E-state index contributed by atoms with van der Waals surface area (Å²) in [5, 5.41) is 11.1. The van der Waals surface area contributed by atoms with Gasteiger partial charge in [0.25, 0.3) is 0 Å². The Kier molecular flexibility index (Phi) is 4.41. The monoisotopic (exact) mass is 330 g/mol. The van der Waals surface area contributed by atoms with Crippen LogP contribution in [0.4, 0.5) is 0 Å². The Balaban J connectivity index is 1.77. The van der Waals surface area contributed by atoms with Gasteiger partial charge in [-0.25, -0.2) is 0 Å². The Bertz CT molecular complexity index is 620. The molecular formula is C19H26O3Si. The van der Waals surface area contributed by atoms with Crippen LogP contribution in [0.15, 0.2) is 24.3 Å². The van der Waals surface area contributed by atoms with E-state index in [2.05, 4.69) is 31.1 Å². The van der Waals surface area contributed by atoms with Crippen molar-refractivity contribution >= 4 is 8.07 Å². The van der Waals surface area contributed by atoms with E-state index in [9.17, 15) is 5.11 Å². The van der Waals surface area contributed by atoms with Crippen LogP contribution in [0.5, 0.6) is 0 Å². The van der Waals surface area contributed by atoms with Crippen molar-refractivity contribution in [3.63, 3.8) is 0 Å². The molecule has 4 heteroatoms. The van der Waals surface area contributed by atoms with Gasteiger partial charge in [0.1, 0.15) is 8.07 Å². The highest BCUT2D eigenvalue weighted by Crippen LogP contribution is 2.44. The Morgan fingerprint density at radius 1 is 1.04 bits per heavy atom. The summed E-state index contributed by atoms with van der Waals surface area (Å²) < 4.78 is 11.5. The maximum atomic E-state index is 11.1. The average molecular weight is 331 g/mol. The molecule has 3 nitrogen and oxygen atoms in total. The van der Waals surface area contributed by atoms with Gasteiger partial charge in [0, 0.05) is 18.4 Å². The third-order valence-electron chi connectivity index (χ3n) is 4.63. The van der Waals surface area contributed by atoms with Crippen molar-refractivity contribution < 1.29 is 14.6 Å². The molecule has 0 aromatic heterocycles. The van der Waals surface area contributed by atoms with E-state index in [1.165, 1.54) is 0 Å². The molecule has 1 aliphatic heterocycles. The van der Waals surface area contributed by atoms with Crippen LogP contribution in [0, 0.1) is 11.5 Å². The van der Waals surface area contributed by atoms with E-state index in [0.29, 0.717) is 26.1 Å². The maximum absolute atomic E-state index is 11.1. The first-order chi connectivity index (χ1) is 10.8. The fourth-order valence-electron chi connectivity index (χ4n) is 3.26. The van der Waals surface area contributed by atoms with E-state index in [4.69, 9.17) is 9.47 Å². The summed E-state index contributed by atoms with van der Waals surface area (Å²) in [6, 6.07) is 8.07. The second-order valence-corrected chi connectivity index (χ2v) is 12.5. The maximum Gasteiger partial charge on any atom is 0.168 e. The standard InChI is InChI=1S/C19H26O3Si/c1-23(2,3)14-7-16-5-4-6-17(15-16)18(20)8-10-19(11-9-18)21-12-13-22-19/h4-6,15,20H,8-13H2,1-3H3. The summed E-state index contributed by atoms with van der Waals surface area (Å²) in [7, 11) is -1.39. The summed E-state index contributed by atoms with van der Waals surface area (Å²) in [6.07, 6.45) is 2.82. The van der Waals surface area contributed by atoms with Crippen LogP contribution in [0.1, 0.15) is 36.8 Å². The molecule has 124 valence electrons. The molecule has 1 aromatic carbocycles. The number of hydrogen-bond acceptors (Lipinski definition) is 3. The van der Waals surface area contributed by atoms with Gasteiger partial charge in [-0.2, -0.15) is 0 Å². The first-order valence-corrected chi connectivity index (χ1v) is 11.9. The van der Waals surface area contributed by atoms with Crippen molar-refractivity contribution in [1.82, 2.24) is 0 Å². The molecule has 1 saturated heterocycles. The van der Waals surface area contributed by atoms with Crippen molar-refractivity contribution in [2.75, 3.05) is 13.2 Å². The Labute approximate surface area is 140 Å². The Morgan fingerprint density at radius 3 is 2.30 bits per heavy atom. The van der Waals surface area contributed by atoms with E-state index in [0.717, 1.165) is 24.0 Å². The highest BCUT2D eigenvalue weighted by molar-refractivity contribution is 6.83. The normalized spacial score (nSPS) is 22.6. The molecule has 0 unspecified atom stereocenters. The lowest BCUT2D eigenvalue weighted by molar-refractivity contribution is -0.204. The van der Waals surface area contributed by atoms with Gasteiger partial charge in [0.15, 0.2) is 5.79 Å². The molecule has 1 saturated carbocycles. The van der Waals surface area contributed by atoms with E-state index < -0.39 is 19.5 Å². The van der Waals surface area contributed by atoms with Crippen molar-refractivity contribution in [3.8, 4) is 11.5 Å². The molecular weight excluding hydrogens is 304 g/mol. The van der Waals surface area contributed by atoms with Gasteiger partial charge in [-0.1, -0.05) is 37.7 Å². The smallest absolute Gasteiger partial charge is 0.168 e. The van der Waals surface area contributed by atoms with E-state index in [1.54, 1.807) is 0 Å². The lowest BCUT2D eigenvalue weighted by Crippen LogP contribution is -2.42. The van der Waals surface area contributed by atoms with Gasteiger partial charge in [0.2, 0.25) is 0 Å².